The molecule has 37 heavy (non-hydrogen) atoms. The van der Waals surface area contributed by atoms with Crippen LogP contribution < -0.4 is 4.57 Å². The van der Waals surface area contributed by atoms with Gasteiger partial charge in [-0.25, -0.2) is 8.78 Å². The third-order valence-corrected chi connectivity index (χ3v) is 8.09. The molecule has 6 rings (SSSR count). The van der Waals surface area contributed by atoms with Crippen LogP contribution in [0.1, 0.15) is 46.1 Å². The van der Waals surface area contributed by atoms with Gasteiger partial charge >= 0.3 is 5.91 Å². The van der Waals surface area contributed by atoms with E-state index in [1.165, 1.54) is 6.07 Å². The number of aromatic nitrogens is 1. The molecule has 0 N–H and O–H groups in total. The SMILES string of the molecule is CCC1(CC)c2cc(F)cc(F)c2-c2cc(-c3ccccc3)c3ccccc3[n+]2C12OC(C)=CC(C)O2. The highest BCUT2D eigenvalue weighted by Gasteiger charge is 2.69. The second-order valence-corrected chi connectivity index (χ2v) is 10.0. The van der Waals surface area contributed by atoms with E-state index < -0.39 is 23.0 Å². The molecule has 3 heterocycles. The number of nitrogens with zero attached hydrogens (tertiary/aromatic N) is 1. The summed E-state index contributed by atoms with van der Waals surface area (Å²) in [6.07, 6.45) is 2.78. The highest BCUT2D eigenvalue weighted by Crippen LogP contribution is 2.55. The molecule has 0 amide bonds. The Morgan fingerprint density at radius 1 is 0.919 bits per heavy atom. The van der Waals surface area contributed by atoms with Crippen LogP contribution in [0.25, 0.3) is 33.3 Å². The fourth-order valence-electron chi connectivity index (χ4n) is 6.54. The lowest BCUT2D eigenvalue weighted by atomic mass is 9.67. The Labute approximate surface area is 216 Å². The van der Waals surface area contributed by atoms with Gasteiger partial charge in [-0.05, 0) is 56.0 Å². The van der Waals surface area contributed by atoms with Gasteiger partial charge in [0, 0.05) is 23.8 Å². The van der Waals surface area contributed by atoms with Crippen LogP contribution in [0.5, 0.6) is 0 Å². The van der Waals surface area contributed by atoms with E-state index in [9.17, 15) is 4.39 Å². The number of benzene rings is 3. The molecule has 0 saturated carbocycles. The van der Waals surface area contributed by atoms with Crippen LogP contribution in [0.15, 0.2) is 84.6 Å². The van der Waals surface area contributed by atoms with E-state index in [0.29, 0.717) is 29.7 Å². The molecule has 2 aliphatic rings. The summed E-state index contributed by atoms with van der Waals surface area (Å²) in [6.45, 7) is 7.97. The van der Waals surface area contributed by atoms with Gasteiger partial charge in [-0.15, -0.1) is 4.57 Å². The Morgan fingerprint density at radius 3 is 2.32 bits per heavy atom. The van der Waals surface area contributed by atoms with Gasteiger partial charge in [-0.2, -0.15) is 0 Å². The van der Waals surface area contributed by atoms with Crippen molar-refractivity contribution in [3.8, 4) is 22.4 Å². The van der Waals surface area contributed by atoms with Crippen molar-refractivity contribution in [2.24, 2.45) is 0 Å². The third kappa shape index (κ3) is 3.23. The third-order valence-electron chi connectivity index (χ3n) is 8.09. The Balaban J connectivity index is 1.85. The van der Waals surface area contributed by atoms with Crippen LogP contribution in [-0.4, -0.2) is 6.10 Å². The van der Waals surface area contributed by atoms with Crippen molar-refractivity contribution < 1.29 is 22.8 Å². The standard InChI is InChI=1S/C32H30F2NO2/c1-5-31(6-2)26-17-23(33)18-27(34)30(26)29-19-25(22-12-8-7-9-13-22)24-14-10-11-15-28(24)35(29)32(31)36-20(3)16-21(4)37-32/h7-20H,5-6H2,1-4H3/q+1. The van der Waals surface area contributed by atoms with E-state index in [1.54, 1.807) is 0 Å². The zero-order valence-corrected chi connectivity index (χ0v) is 21.5. The number of ether oxygens (including phenoxy) is 2. The lowest BCUT2D eigenvalue weighted by Gasteiger charge is -2.49. The molecule has 188 valence electrons. The molecule has 2 atom stereocenters. The average molecular weight is 499 g/mol. The molecule has 0 radical (unpaired) electrons. The fourth-order valence-corrected chi connectivity index (χ4v) is 6.54. The summed E-state index contributed by atoms with van der Waals surface area (Å²) in [4.78, 5) is 0. The molecule has 1 aromatic heterocycles. The predicted molar refractivity (Wildman–Crippen MR) is 141 cm³/mol. The van der Waals surface area contributed by atoms with Crippen molar-refractivity contribution >= 4 is 10.9 Å². The van der Waals surface area contributed by atoms with Crippen LogP contribution >= 0.6 is 0 Å². The number of pyridine rings is 1. The number of halogens is 2. The summed E-state index contributed by atoms with van der Waals surface area (Å²) < 4.78 is 46.4. The quantitative estimate of drug-likeness (QED) is 0.269. The number of hydrogen-bond acceptors (Lipinski definition) is 2. The Morgan fingerprint density at radius 2 is 1.62 bits per heavy atom. The number of allylic oxidation sites excluding steroid dienone is 1. The summed E-state index contributed by atoms with van der Waals surface area (Å²) >= 11 is 0. The van der Waals surface area contributed by atoms with Crippen molar-refractivity contribution in [2.45, 2.75) is 58.0 Å². The maximum absolute atomic E-state index is 15.9. The Bertz CT molecular complexity index is 1560. The van der Waals surface area contributed by atoms with Gasteiger partial charge in [0.15, 0.2) is 0 Å². The minimum Gasteiger partial charge on any atom is -0.413 e. The van der Waals surface area contributed by atoms with E-state index in [2.05, 4.69) is 6.07 Å². The van der Waals surface area contributed by atoms with Gasteiger partial charge in [0.25, 0.3) is 0 Å². The predicted octanol–water partition coefficient (Wildman–Crippen LogP) is 7.76. The summed E-state index contributed by atoms with van der Waals surface area (Å²) in [5.41, 5.74) is 3.55. The van der Waals surface area contributed by atoms with Crippen molar-refractivity contribution in [3.63, 3.8) is 0 Å². The van der Waals surface area contributed by atoms with E-state index in [0.717, 1.165) is 33.9 Å². The second kappa shape index (κ2) is 8.49. The van der Waals surface area contributed by atoms with Gasteiger partial charge < -0.3 is 4.74 Å². The van der Waals surface area contributed by atoms with Gasteiger partial charge in [0.05, 0.1) is 17.1 Å². The fraction of sp³-hybridized carbons (Fsp3) is 0.281. The van der Waals surface area contributed by atoms with E-state index in [4.69, 9.17) is 9.47 Å². The molecule has 5 heteroatoms. The lowest BCUT2D eigenvalue weighted by molar-refractivity contribution is -0.847. The molecule has 0 saturated heterocycles. The van der Waals surface area contributed by atoms with Gasteiger partial charge in [0.2, 0.25) is 11.2 Å². The van der Waals surface area contributed by atoms with Gasteiger partial charge in [0.1, 0.15) is 22.8 Å². The summed E-state index contributed by atoms with van der Waals surface area (Å²) in [5, 5.41) is 0.996. The van der Waals surface area contributed by atoms with Crippen LogP contribution in [-0.2, 0) is 20.8 Å². The highest BCUT2D eigenvalue weighted by molar-refractivity contribution is 5.95. The molecular formula is C32H30F2NO2+. The molecule has 1 spiro atoms. The van der Waals surface area contributed by atoms with Gasteiger partial charge in [-0.1, -0.05) is 56.3 Å². The number of rotatable bonds is 3. The largest absolute Gasteiger partial charge is 0.444 e. The molecule has 4 aromatic rings. The Kier molecular flexibility index (Phi) is 5.46. The number of para-hydroxylation sites is 1. The first-order valence-electron chi connectivity index (χ1n) is 12.9. The number of fused-ring (bicyclic) bond motifs is 6. The van der Waals surface area contributed by atoms with E-state index in [-0.39, 0.29) is 6.10 Å². The summed E-state index contributed by atoms with van der Waals surface area (Å²) in [5.74, 6) is -1.81. The first kappa shape index (κ1) is 23.8. The Hall–Kier alpha value is -3.57. The summed E-state index contributed by atoms with van der Waals surface area (Å²) in [6, 6.07) is 22.6. The van der Waals surface area contributed by atoms with Crippen molar-refractivity contribution in [1.82, 2.24) is 0 Å². The van der Waals surface area contributed by atoms with Crippen molar-refractivity contribution in [2.75, 3.05) is 0 Å². The maximum Gasteiger partial charge on any atom is 0.444 e. The van der Waals surface area contributed by atoms with Crippen LogP contribution in [0, 0.1) is 11.6 Å². The lowest BCUT2D eigenvalue weighted by Crippen LogP contribution is -2.74. The number of hydrogen-bond donors (Lipinski definition) is 0. The molecule has 3 aromatic carbocycles. The maximum atomic E-state index is 15.9. The van der Waals surface area contributed by atoms with E-state index >= 15 is 4.39 Å². The zero-order chi connectivity index (χ0) is 25.9. The molecule has 2 aliphatic heterocycles. The zero-order valence-electron chi connectivity index (χ0n) is 21.5. The normalized spacial score (nSPS) is 21.8. The van der Waals surface area contributed by atoms with Crippen LogP contribution in [0.4, 0.5) is 8.78 Å². The smallest absolute Gasteiger partial charge is 0.413 e. The monoisotopic (exact) mass is 498 g/mol. The minimum absolute atomic E-state index is 0.265. The van der Waals surface area contributed by atoms with Crippen molar-refractivity contribution in [3.05, 3.63) is 102 Å². The summed E-state index contributed by atoms with van der Waals surface area (Å²) in [7, 11) is 0. The first-order chi connectivity index (χ1) is 17.8. The molecule has 0 bridgehead atoms. The molecular weight excluding hydrogens is 468 g/mol. The first-order valence-corrected chi connectivity index (χ1v) is 12.9. The van der Waals surface area contributed by atoms with Crippen molar-refractivity contribution in [1.29, 1.82) is 0 Å². The minimum atomic E-state index is -1.34. The van der Waals surface area contributed by atoms with Crippen LogP contribution in [0.2, 0.25) is 0 Å². The molecule has 0 aliphatic carbocycles. The topological polar surface area (TPSA) is 22.3 Å². The average Bonchev–Trinajstić information content (AvgIpc) is 2.88. The molecule has 0 fully saturated rings. The highest BCUT2D eigenvalue weighted by atomic mass is 19.1. The van der Waals surface area contributed by atoms with Crippen LogP contribution in [0.3, 0.4) is 0 Å². The molecule has 2 unspecified atom stereocenters. The second-order valence-electron chi connectivity index (χ2n) is 10.0. The van der Waals surface area contributed by atoms with Gasteiger partial charge in [-0.3, -0.25) is 4.74 Å². The molecule has 3 nitrogen and oxygen atoms in total. The van der Waals surface area contributed by atoms with E-state index in [1.807, 2.05) is 92.9 Å².